The summed E-state index contributed by atoms with van der Waals surface area (Å²) in [5, 5.41) is 14.6. The van der Waals surface area contributed by atoms with Crippen LogP contribution in [0.5, 0.6) is 0 Å². The maximum atomic E-state index is 13.6. The van der Waals surface area contributed by atoms with E-state index in [1.807, 2.05) is 0 Å². The van der Waals surface area contributed by atoms with Gasteiger partial charge in [0.1, 0.15) is 10.9 Å². The highest BCUT2D eigenvalue weighted by Crippen LogP contribution is 2.46. The maximum Gasteiger partial charge on any atom is 0.337 e. The fraction of sp³-hybridized carbons (Fsp3) is 0.435. The summed E-state index contributed by atoms with van der Waals surface area (Å²) in [5.41, 5.74) is 1.34. The number of carbonyl (C=O) groups excluding carboxylic acids is 3. The molecule has 1 aromatic rings. The van der Waals surface area contributed by atoms with Crippen molar-refractivity contribution in [3.8, 4) is 0 Å². The normalized spacial score (nSPS) is 22.6. The number of nitro groups is 1. The second-order valence-corrected chi connectivity index (χ2v) is 8.86. The molecule has 2 aliphatic rings. The molecule has 3 atom stereocenters. The number of hydrogen-bond acceptors (Lipinski definition) is 8. The first-order chi connectivity index (χ1) is 15.5. The van der Waals surface area contributed by atoms with E-state index in [0.717, 1.165) is 0 Å². The van der Waals surface area contributed by atoms with Crippen molar-refractivity contribution in [1.29, 1.82) is 0 Å². The number of methoxy groups -OCH3 is 1. The van der Waals surface area contributed by atoms with Crippen LogP contribution in [0.25, 0.3) is 0 Å². The number of hydrogen-bond donors (Lipinski definition) is 1. The summed E-state index contributed by atoms with van der Waals surface area (Å²) in [5.74, 6) is -4.19. The zero-order valence-electron chi connectivity index (χ0n) is 18.9. The standard InChI is InChI=1S/C23H25ClN2O7/c1-10(2)33-23(29)18-12(4)25-15-8-11(3)17(22(28)32-5)21(27)20(15)19(18)13-6-7-14(24)16(9-13)26(30)31/h6-7,9-11,17,19,25H,8H2,1-5H3/t11-,17+,19+/m0/s1. The Labute approximate surface area is 195 Å². The fourth-order valence-corrected chi connectivity index (χ4v) is 4.60. The van der Waals surface area contributed by atoms with E-state index in [2.05, 4.69) is 5.32 Å². The monoisotopic (exact) mass is 476 g/mol. The number of carbonyl (C=O) groups is 3. The molecule has 0 saturated heterocycles. The molecule has 0 saturated carbocycles. The maximum absolute atomic E-state index is 13.6. The number of Topliss-reactive ketones (excluding diaryl/α,β-unsaturated/α-hetero) is 1. The molecular weight excluding hydrogens is 452 g/mol. The average Bonchev–Trinajstić information content (AvgIpc) is 2.72. The van der Waals surface area contributed by atoms with E-state index in [1.165, 1.54) is 25.3 Å². The molecule has 1 aliphatic carbocycles. The number of benzene rings is 1. The van der Waals surface area contributed by atoms with Crippen molar-refractivity contribution in [1.82, 2.24) is 5.32 Å². The van der Waals surface area contributed by atoms with Gasteiger partial charge in [-0.25, -0.2) is 4.79 Å². The highest BCUT2D eigenvalue weighted by atomic mass is 35.5. The lowest BCUT2D eigenvalue weighted by Gasteiger charge is -2.38. The van der Waals surface area contributed by atoms with Crippen LogP contribution >= 0.6 is 11.6 Å². The minimum Gasteiger partial charge on any atom is -0.468 e. The summed E-state index contributed by atoms with van der Waals surface area (Å²) >= 11 is 6.00. The number of esters is 2. The lowest BCUT2D eigenvalue weighted by atomic mass is 9.69. The topological polar surface area (TPSA) is 125 Å². The van der Waals surface area contributed by atoms with E-state index in [1.54, 1.807) is 27.7 Å². The molecule has 0 unspecified atom stereocenters. The van der Waals surface area contributed by atoms with Gasteiger partial charge in [0.25, 0.3) is 5.69 Å². The zero-order valence-corrected chi connectivity index (χ0v) is 19.7. The Morgan fingerprint density at radius 2 is 1.97 bits per heavy atom. The van der Waals surface area contributed by atoms with Gasteiger partial charge in [0.05, 0.1) is 23.7 Å². The van der Waals surface area contributed by atoms with Crippen molar-refractivity contribution < 1.29 is 28.8 Å². The van der Waals surface area contributed by atoms with Gasteiger partial charge in [-0.3, -0.25) is 19.7 Å². The summed E-state index contributed by atoms with van der Waals surface area (Å²) in [6.07, 6.45) is -0.0741. The van der Waals surface area contributed by atoms with Gasteiger partial charge in [0.15, 0.2) is 5.78 Å². The van der Waals surface area contributed by atoms with Crippen LogP contribution in [0, 0.1) is 22.0 Å². The summed E-state index contributed by atoms with van der Waals surface area (Å²) < 4.78 is 10.3. The number of ether oxygens (including phenoxy) is 2. The Balaban J connectivity index is 2.25. The number of nitrogens with one attached hydrogen (secondary N) is 1. The van der Waals surface area contributed by atoms with Crippen LogP contribution in [0.1, 0.15) is 45.6 Å². The first-order valence-corrected chi connectivity index (χ1v) is 10.8. The summed E-state index contributed by atoms with van der Waals surface area (Å²) in [6, 6.07) is 4.13. The van der Waals surface area contributed by atoms with Crippen LogP contribution in [0.15, 0.2) is 40.7 Å². The van der Waals surface area contributed by atoms with E-state index < -0.39 is 40.6 Å². The zero-order chi connectivity index (χ0) is 24.6. The van der Waals surface area contributed by atoms with Gasteiger partial charge in [-0.2, -0.15) is 0 Å². The molecule has 9 nitrogen and oxygen atoms in total. The van der Waals surface area contributed by atoms with Crippen LogP contribution in [-0.4, -0.2) is 35.9 Å². The van der Waals surface area contributed by atoms with Crippen molar-refractivity contribution in [2.45, 2.75) is 46.1 Å². The molecule has 0 aromatic heterocycles. The lowest BCUT2D eigenvalue weighted by molar-refractivity contribution is -0.384. The predicted octanol–water partition coefficient (Wildman–Crippen LogP) is 3.81. The molecule has 176 valence electrons. The SMILES string of the molecule is COC(=O)[C@H]1C(=O)C2=C(C[C@@H]1C)NC(C)=C(C(=O)OC(C)C)[C@H]2c1ccc(Cl)c([N+](=O)[O-])c1. The van der Waals surface area contributed by atoms with Gasteiger partial charge >= 0.3 is 11.9 Å². The highest BCUT2D eigenvalue weighted by Gasteiger charge is 2.47. The van der Waals surface area contributed by atoms with Gasteiger partial charge in [0.2, 0.25) is 0 Å². The molecule has 0 amide bonds. The fourth-order valence-electron chi connectivity index (χ4n) is 4.41. The van der Waals surface area contributed by atoms with Crippen LogP contribution in [0.2, 0.25) is 5.02 Å². The van der Waals surface area contributed by atoms with E-state index in [0.29, 0.717) is 23.4 Å². The van der Waals surface area contributed by atoms with E-state index >= 15 is 0 Å². The molecule has 0 bridgehead atoms. The molecule has 0 spiro atoms. The summed E-state index contributed by atoms with van der Waals surface area (Å²) in [4.78, 5) is 50.0. The Hall–Kier alpha value is -3.20. The summed E-state index contributed by atoms with van der Waals surface area (Å²) in [7, 11) is 1.21. The number of halogens is 1. The first-order valence-electron chi connectivity index (χ1n) is 10.5. The Bertz CT molecular complexity index is 1110. The number of ketones is 1. The number of dihydropyridines is 1. The van der Waals surface area contributed by atoms with Crippen molar-refractivity contribution in [3.63, 3.8) is 0 Å². The third-order valence-electron chi connectivity index (χ3n) is 5.81. The van der Waals surface area contributed by atoms with E-state index in [4.69, 9.17) is 21.1 Å². The first kappa shape index (κ1) is 24.4. The van der Waals surface area contributed by atoms with Crippen LogP contribution in [-0.2, 0) is 23.9 Å². The molecule has 3 rings (SSSR count). The molecule has 33 heavy (non-hydrogen) atoms. The van der Waals surface area contributed by atoms with Crippen molar-refractivity contribution in [2.24, 2.45) is 11.8 Å². The molecule has 0 fully saturated rings. The van der Waals surface area contributed by atoms with Gasteiger partial charge in [0, 0.05) is 29.0 Å². The number of nitro benzene ring substituents is 1. The van der Waals surface area contributed by atoms with Gasteiger partial charge < -0.3 is 14.8 Å². The lowest BCUT2D eigenvalue weighted by Crippen LogP contribution is -2.43. The molecule has 1 N–H and O–H groups in total. The molecule has 10 heteroatoms. The molecule has 1 heterocycles. The number of nitrogens with zero attached hydrogens (tertiary/aromatic N) is 1. The van der Waals surface area contributed by atoms with Gasteiger partial charge in [-0.1, -0.05) is 24.6 Å². The molecule has 1 aliphatic heterocycles. The van der Waals surface area contributed by atoms with Crippen LogP contribution in [0.3, 0.4) is 0 Å². The Kier molecular flexibility index (Phi) is 6.92. The van der Waals surface area contributed by atoms with Crippen LogP contribution < -0.4 is 5.32 Å². The summed E-state index contributed by atoms with van der Waals surface area (Å²) in [6.45, 7) is 6.84. The minimum atomic E-state index is -1.05. The quantitative estimate of drug-likeness (QED) is 0.294. The van der Waals surface area contributed by atoms with Gasteiger partial charge in [-0.05, 0) is 44.7 Å². The van der Waals surface area contributed by atoms with Crippen LogP contribution in [0.4, 0.5) is 5.69 Å². The van der Waals surface area contributed by atoms with Crippen molar-refractivity contribution in [2.75, 3.05) is 7.11 Å². The Morgan fingerprint density at radius 3 is 2.55 bits per heavy atom. The van der Waals surface area contributed by atoms with Gasteiger partial charge in [-0.15, -0.1) is 0 Å². The molecular formula is C23H25ClN2O7. The number of rotatable bonds is 5. The number of allylic oxidation sites excluding steroid dienone is 3. The largest absolute Gasteiger partial charge is 0.468 e. The molecule has 1 aromatic carbocycles. The third-order valence-corrected chi connectivity index (χ3v) is 6.13. The second-order valence-electron chi connectivity index (χ2n) is 8.46. The minimum absolute atomic E-state index is 0.0741. The third kappa shape index (κ3) is 4.50. The Morgan fingerprint density at radius 1 is 1.30 bits per heavy atom. The van der Waals surface area contributed by atoms with E-state index in [9.17, 15) is 24.5 Å². The molecule has 0 radical (unpaired) electrons. The predicted molar refractivity (Wildman–Crippen MR) is 119 cm³/mol. The van der Waals surface area contributed by atoms with Crippen molar-refractivity contribution in [3.05, 3.63) is 61.4 Å². The van der Waals surface area contributed by atoms with E-state index in [-0.39, 0.29) is 27.8 Å². The smallest absolute Gasteiger partial charge is 0.337 e. The van der Waals surface area contributed by atoms with Crippen molar-refractivity contribution >= 4 is 35.0 Å². The average molecular weight is 477 g/mol. The second kappa shape index (κ2) is 9.35. The highest BCUT2D eigenvalue weighted by molar-refractivity contribution is 6.32.